The average Bonchev–Trinajstić information content (AvgIpc) is 2.93. The van der Waals surface area contributed by atoms with E-state index in [0.29, 0.717) is 6.54 Å². The van der Waals surface area contributed by atoms with Crippen molar-refractivity contribution in [2.45, 2.75) is 32.0 Å². The summed E-state index contributed by atoms with van der Waals surface area (Å²) in [5, 5.41) is 0.757. The molecule has 20 heavy (non-hydrogen) atoms. The standard InChI is InChI=1S/C16H21ClN2O/c1-3-15(18)16(13-8-4-5-9-14(13)17)19(2)11-12-7-6-10-20-12/h4-10,15-16H,3,11,18H2,1-2H3. The monoisotopic (exact) mass is 292 g/mol. The third-order valence-electron chi connectivity index (χ3n) is 3.56. The Morgan fingerprint density at radius 1 is 1.25 bits per heavy atom. The maximum Gasteiger partial charge on any atom is 0.117 e. The van der Waals surface area contributed by atoms with E-state index in [1.807, 2.05) is 43.4 Å². The second-order valence-corrected chi connectivity index (χ2v) is 5.44. The third kappa shape index (κ3) is 3.42. The molecule has 0 radical (unpaired) electrons. The van der Waals surface area contributed by atoms with Crippen LogP contribution in [0.3, 0.4) is 0 Å². The molecule has 0 amide bonds. The number of hydrogen-bond acceptors (Lipinski definition) is 3. The Morgan fingerprint density at radius 3 is 2.60 bits per heavy atom. The summed E-state index contributed by atoms with van der Waals surface area (Å²) in [5.41, 5.74) is 7.38. The molecule has 2 unspecified atom stereocenters. The number of likely N-dealkylation sites (N-methyl/N-ethyl adjacent to an activating group) is 1. The van der Waals surface area contributed by atoms with Crippen LogP contribution in [0.1, 0.15) is 30.7 Å². The number of furan rings is 1. The van der Waals surface area contributed by atoms with Gasteiger partial charge >= 0.3 is 0 Å². The average molecular weight is 293 g/mol. The van der Waals surface area contributed by atoms with Crippen molar-refractivity contribution in [3.63, 3.8) is 0 Å². The van der Waals surface area contributed by atoms with E-state index >= 15 is 0 Å². The molecule has 0 aliphatic heterocycles. The lowest BCUT2D eigenvalue weighted by Gasteiger charge is -2.32. The van der Waals surface area contributed by atoms with Crippen LogP contribution >= 0.6 is 11.6 Å². The topological polar surface area (TPSA) is 42.4 Å². The molecule has 0 spiro atoms. The third-order valence-corrected chi connectivity index (χ3v) is 3.91. The number of benzene rings is 1. The SMILES string of the molecule is CCC(N)C(c1ccccc1Cl)N(C)Cc1ccco1. The molecule has 2 aromatic rings. The van der Waals surface area contributed by atoms with Crippen LogP contribution < -0.4 is 5.73 Å². The van der Waals surface area contributed by atoms with Crippen LogP contribution in [0.5, 0.6) is 0 Å². The van der Waals surface area contributed by atoms with Gasteiger partial charge in [-0.25, -0.2) is 0 Å². The first-order valence-electron chi connectivity index (χ1n) is 6.86. The molecule has 0 aliphatic rings. The molecule has 0 fully saturated rings. The number of hydrogen-bond donors (Lipinski definition) is 1. The van der Waals surface area contributed by atoms with E-state index in [2.05, 4.69) is 11.8 Å². The Morgan fingerprint density at radius 2 is 2.00 bits per heavy atom. The Kier molecular flexibility index (Phi) is 5.24. The van der Waals surface area contributed by atoms with Crippen LogP contribution in [-0.4, -0.2) is 18.0 Å². The maximum absolute atomic E-state index is 6.34. The van der Waals surface area contributed by atoms with E-state index in [9.17, 15) is 0 Å². The van der Waals surface area contributed by atoms with Gasteiger partial charge in [-0.05, 0) is 37.2 Å². The van der Waals surface area contributed by atoms with Crippen molar-refractivity contribution in [1.29, 1.82) is 0 Å². The molecule has 3 nitrogen and oxygen atoms in total. The first-order valence-corrected chi connectivity index (χ1v) is 7.24. The smallest absolute Gasteiger partial charge is 0.117 e. The molecular weight excluding hydrogens is 272 g/mol. The van der Waals surface area contributed by atoms with Crippen LogP contribution in [0.25, 0.3) is 0 Å². The Labute approximate surface area is 125 Å². The molecule has 2 atom stereocenters. The minimum absolute atomic E-state index is 0.0230. The zero-order chi connectivity index (χ0) is 14.5. The van der Waals surface area contributed by atoms with Gasteiger partial charge in [0.2, 0.25) is 0 Å². The lowest BCUT2D eigenvalue weighted by Crippen LogP contribution is -2.38. The lowest BCUT2D eigenvalue weighted by molar-refractivity contribution is 0.188. The van der Waals surface area contributed by atoms with Gasteiger partial charge in [-0.3, -0.25) is 4.90 Å². The zero-order valence-electron chi connectivity index (χ0n) is 11.9. The van der Waals surface area contributed by atoms with Crippen molar-refractivity contribution < 1.29 is 4.42 Å². The molecule has 108 valence electrons. The molecule has 0 saturated carbocycles. The van der Waals surface area contributed by atoms with Gasteiger partial charge in [-0.2, -0.15) is 0 Å². The van der Waals surface area contributed by atoms with Crippen molar-refractivity contribution in [3.05, 3.63) is 59.0 Å². The first kappa shape index (κ1) is 15.1. The Hall–Kier alpha value is -1.29. The fraction of sp³-hybridized carbons (Fsp3) is 0.375. The summed E-state index contributed by atoms with van der Waals surface area (Å²) in [6, 6.07) is 11.8. The van der Waals surface area contributed by atoms with Gasteiger partial charge in [0.25, 0.3) is 0 Å². The van der Waals surface area contributed by atoms with Crippen molar-refractivity contribution >= 4 is 11.6 Å². The predicted octanol–water partition coefficient (Wildman–Crippen LogP) is 3.84. The van der Waals surface area contributed by atoms with Crippen molar-refractivity contribution in [2.75, 3.05) is 7.05 Å². The second kappa shape index (κ2) is 6.93. The quantitative estimate of drug-likeness (QED) is 0.879. The summed E-state index contributed by atoms with van der Waals surface area (Å²) in [5.74, 6) is 0.924. The van der Waals surface area contributed by atoms with Gasteiger partial charge < -0.3 is 10.2 Å². The first-order chi connectivity index (χ1) is 9.63. The summed E-state index contributed by atoms with van der Waals surface area (Å²) in [4.78, 5) is 2.19. The van der Waals surface area contributed by atoms with Gasteiger partial charge in [0.15, 0.2) is 0 Å². The highest BCUT2D eigenvalue weighted by atomic mass is 35.5. The fourth-order valence-corrected chi connectivity index (χ4v) is 2.73. The summed E-state index contributed by atoms with van der Waals surface area (Å²) < 4.78 is 5.42. The van der Waals surface area contributed by atoms with Gasteiger partial charge in [0.05, 0.1) is 18.8 Å². The molecule has 0 bridgehead atoms. The van der Waals surface area contributed by atoms with E-state index in [1.54, 1.807) is 6.26 Å². The Bertz CT molecular complexity index is 527. The molecule has 1 aromatic heterocycles. The van der Waals surface area contributed by atoms with E-state index in [0.717, 1.165) is 22.8 Å². The fourth-order valence-electron chi connectivity index (χ4n) is 2.48. The minimum Gasteiger partial charge on any atom is -0.468 e. The van der Waals surface area contributed by atoms with Gasteiger partial charge in [-0.1, -0.05) is 36.7 Å². The van der Waals surface area contributed by atoms with E-state index in [4.69, 9.17) is 21.8 Å². The summed E-state index contributed by atoms with van der Waals surface area (Å²) in [6.45, 7) is 2.80. The van der Waals surface area contributed by atoms with Crippen LogP contribution in [0.4, 0.5) is 0 Å². The molecule has 0 saturated heterocycles. The highest BCUT2D eigenvalue weighted by molar-refractivity contribution is 6.31. The van der Waals surface area contributed by atoms with Gasteiger partial charge in [-0.15, -0.1) is 0 Å². The molecule has 0 aliphatic carbocycles. The Balaban J connectivity index is 2.25. The number of halogens is 1. The molecular formula is C16H21ClN2O. The normalized spacial score (nSPS) is 14.4. The highest BCUT2D eigenvalue weighted by Gasteiger charge is 2.25. The predicted molar refractivity (Wildman–Crippen MR) is 82.6 cm³/mol. The molecule has 2 N–H and O–H groups in total. The highest BCUT2D eigenvalue weighted by Crippen LogP contribution is 2.30. The summed E-state index contributed by atoms with van der Waals surface area (Å²) >= 11 is 6.34. The lowest BCUT2D eigenvalue weighted by atomic mass is 9.96. The number of rotatable bonds is 6. The molecule has 1 heterocycles. The summed E-state index contributed by atoms with van der Waals surface area (Å²) in [7, 11) is 2.05. The van der Waals surface area contributed by atoms with Crippen LogP contribution in [0, 0.1) is 0 Å². The van der Waals surface area contributed by atoms with Gasteiger partial charge in [0, 0.05) is 11.1 Å². The van der Waals surface area contributed by atoms with Crippen LogP contribution in [0.2, 0.25) is 5.02 Å². The minimum atomic E-state index is 0.0230. The van der Waals surface area contributed by atoms with Crippen LogP contribution in [0.15, 0.2) is 47.1 Å². The maximum atomic E-state index is 6.34. The zero-order valence-corrected chi connectivity index (χ0v) is 12.7. The van der Waals surface area contributed by atoms with E-state index in [1.165, 1.54) is 0 Å². The van der Waals surface area contributed by atoms with Crippen molar-refractivity contribution in [3.8, 4) is 0 Å². The largest absolute Gasteiger partial charge is 0.468 e. The molecule has 4 heteroatoms. The van der Waals surface area contributed by atoms with Gasteiger partial charge in [0.1, 0.15) is 5.76 Å². The second-order valence-electron chi connectivity index (χ2n) is 5.03. The van der Waals surface area contributed by atoms with Crippen molar-refractivity contribution in [1.82, 2.24) is 4.90 Å². The van der Waals surface area contributed by atoms with E-state index < -0.39 is 0 Å². The van der Waals surface area contributed by atoms with Crippen molar-refractivity contribution in [2.24, 2.45) is 5.73 Å². The number of nitrogens with zero attached hydrogens (tertiary/aromatic N) is 1. The van der Waals surface area contributed by atoms with Crippen LogP contribution in [-0.2, 0) is 6.54 Å². The molecule has 2 rings (SSSR count). The molecule has 1 aromatic carbocycles. The number of nitrogens with two attached hydrogens (primary N) is 1. The van der Waals surface area contributed by atoms with E-state index in [-0.39, 0.29) is 12.1 Å². The summed E-state index contributed by atoms with van der Waals surface area (Å²) in [6.07, 6.45) is 2.58.